The summed E-state index contributed by atoms with van der Waals surface area (Å²) in [5, 5.41) is 3.67. The highest BCUT2D eigenvalue weighted by atomic mass is 79.9. The smallest absolute Gasteiger partial charge is 0.244 e. The third-order valence-corrected chi connectivity index (χ3v) is 6.22. The van der Waals surface area contributed by atoms with E-state index in [0.717, 1.165) is 13.0 Å². The van der Waals surface area contributed by atoms with E-state index in [9.17, 15) is 8.42 Å². The third kappa shape index (κ3) is 2.72. The molecule has 1 saturated heterocycles. The molecule has 4 nitrogen and oxygen atoms in total. The van der Waals surface area contributed by atoms with Crippen LogP contribution in [0, 0.1) is 0 Å². The molecule has 1 atom stereocenters. The third-order valence-electron chi connectivity index (χ3n) is 3.10. The van der Waals surface area contributed by atoms with E-state index in [1.165, 1.54) is 10.4 Å². The molecule has 0 spiro atoms. The maximum Gasteiger partial charge on any atom is 0.244 e. The first kappa shape index (κ1) is 14.3. The predicted molar refractivity (Wildman–Crippen MR) is 75.4 cm³/mol. The summed E-state index contributed by atoms with van der Waals surface area (Å²) < 4.78 is 26.9. The van der Waals surface area contributed by atoms with E-state index in [4.69, 9.17) is 11.6 Å². The highest BCUT2D eigenvalue weighted by Gasteiger charge is 2.31. The molecule has 0 bridgehead atoms. The Bertz CT molecular complexity index is 544. The van der Waals surface area contributed by atoms with Gasteiger partial charge in [0.1, 0.15) is 0 Å². The molecule has 2 rings (SSSR count). The number of halogens is 2. The molecular weight excluding hydrogens is 340 g/mol. The maximum atomic E-state index is 12.5. The van der Waals surface area contributed by atoms with E-state index in [0.29, 0.717) is 16.0 Å². The second-order valence-corrected chi connectivity index (χ2v) is 7.50. The van der Waals surface area contributed by atoms with Crippen LogP contribution in [0.1, 0.15) is 6.42 Å². The molecule has 1 fully saturated rings. The SMILES string of the molecule is CN(C1CCNC1)S(=O)(=O)c1ccc(Cl)cc1Br. The summed E-state index contributed by atoms with van der Waals surface area (Å²) in [5.41, 5.74) is 0. The lowest BCUT2D eigenvalue weighted by molar-refractivity contribution is 0.387. The van der Waals surface area contributed by atoms with Gasteiger partial charge in [-0.2, -0.15) is 4.31 Å². The van der Waals surface area contributed by atoms with Crippen LogP contribution in [0.5, 0.6) is 0 Å². The van der Waals surface area contributed by atoms with Crippen LogP contribution in [-0.2, 0) is 10.0 Å². The molecule has 0 radical (unpaired) electrons. The topological polar surface area (TPSA) is 49.4 Å². The Balaban J connectivity index is 2.35. The molecule has 0 amide bonds. The first-order chi connectivity index (χ1) is 8.43. The Kier molecular flexibility index (Phi) is 4.33. The second-order valence-electron chi connectivity index (χ2n) is 4.24. The normalized spacial score (nSPS) is 20.6. The minimum atomic E-state index is -3.48. The minimum absolute atomic E-state index is 0.0116. The highest BCUT2D eigenvalue weighted by Crippen LogP contribution is 2.28. The largest absolute Gasteiger partial charge is 0.315 e. The number of benzene rings is 1. The number of nitrogens with zero attached hydrogens (tertiary/aromatic N) is 1. The summed E-state index contributed by atoms with van der Waals surface area (Å²) in [4.78, 5) is 0.251. The number of sulfonamides is 1. The molecule has 1 aromatic carbocycles. The molecule has 1 aromatic rings. The summed E-state index contributed by atoms with van der Waals surface area (Å²) in [6.45, 7) is 1.55. The molecule has 18 heavy (non-hydrogen) atoms. The molecular formula is C11H14BrClN2O2S. The van der Waals surface area contributed by atoms with Gasteiger partial charge >= 0.3 is 0 Å². The van der Waals surface area contributed by atoms with Gasteiger partial charge in [-0.3, -0.25) is 0 Å². The molecule has 0 aromatic heterocycles. The molecule has 1 heterocycles. The maximum absolute atomic E-state index is 12.5. The fourth-order valence-electron chi connectivity index (χ4n) is 1.99. The molecule has 0 aliphatic carbocycles. The van der Waals surface area contributed by atoms with Gasteiger partial charge in [0.2, 0.25) is 10.0 Å². The van der Waals surface area contributed by atoms with Crippen LogP contribution in [0.2, 0.25) is 5.02 Å². The van der Waals surface area contributed by atoms with Crippen molar-refractivity contribution in [3.63, 3.8) is 0 Å². The lowest BCUT2D eigenvalue weighted by Crippen LogP contribution is -2.38. The standard InChI is InChI=1S/C11H14BrClN2O2S/c1-15(9-4-5-14-7-9)18(16,17)11-3-2-8(13)6-10(11)12/h2-3,6,9,14H,4-5,7H2,1H3. The van der Waals surface area contributed by atoms with Crippen LogP contribution in [0.3, 0.4) is 0 Å². The Hall–Kier alpha value is -0.140. The fraction of sp³-hybridized carbons (Fsp3) is 0.455. The van der Waals surface area contributed by atoms with Gasteiger partial charge in [0.15, 0.2) is 0 Å². The molecule has 1 aliphatic rings. The second kappa shape index (κ2) is 5.46. The van der Waals surface area contributed by atoms with Gasteiger partial charge in [-0.25, -0.2) is 8.42 Å². The number of hydrogen-bond acceptors (Lipinski definition) is 3. The van der Waals surface area contributed by atoms with Crippen molar-refractivity contribution >= 4 is 37.6 Å². The summed E-state index contributed by atoms with van der Waals surface area (Å²) >= 11 is 9.08. The van der Waals surface area contributed by atoms with Crippen LogP contribution < -0.4 is 5.32 Å². The van der Waals surface area contributed by atoms with Crippen LogP contribution in [0.4, 0.5) is 0 Å². The van der Waals surface area contributed by atoms with Gasteiger partial charge in [0.05, 0.1) is 4.90 Å². The van der Waals surface area contributed by atoms with Crippen molar-refractivity contribution in [2.75, 3.05) is 20.1 Å². The fourth-order valence-corrected chi connectivity index (χ4v) is 4.71. The van der Waals surface area contributed by atoms with E-state index in [2.05, 4.69) is 21.2 Å². The lowest BCUT2D eigenvalue weighted by atomic mass is 10.3. The first-order valence-electron chi connectivity index (χ1n) is 5.57. The van der Waals surface area contributed by atoms with Crippen molar-refractivity contribution in [3.8, 4) is 0 Å². The van der Waals surface area contributed by atoms with Crippen molar-refractivity contribution in [3.05, 3.63) is 27.7 Å². The van der Waals surface area contributed by atoms with Gasteiger partial charge in [-0.1, -0.05) is 11.6 Å². The summed E-state index contributed by atoms with van der Waals surface area (Å²) in [5.74, 6) is 0. The predicted octanol–water partition coefficient (Wildman–Crippen LogP) is 2.08. The van der Waals surface area contributed by atoms with E-state index in [1.54, 1.807) is 19.2 Å². The zero-order valence-electron chi connectivity index (χ0n) is 9.86. The monoisotopic (exact) mass is 352 g/mol. The van der Waals surface area contributed by atoms with E-state index in [1.807, 2.05) is 0 Å². The number of rotatable bonds is 3. The zero-order chi connectivity index (χ0) is 13.3. The Morgan fingerprint density at radius 1 is 1.50 bits per heavy atom. The highest BCUT2D eigenvalue weighted by molar-refractivity contribution is 9.10. The Morgan fingerprint density at radius 3 is 2.78 bits per heavy atom. The molecule has 7 heteroatoms. The zero-order valence-corrected chi connectivity index (χ0v) is 13.0. The minimum Gasteiger partial charge on any atom is -0.315 e. The Morgan fingerprint density at radius 2 is 2.22 bits per heavy atom. The van der Waals surface area contributed by atoms with Crippen LogP contribution >= 0.6 is 27.5 Å². The molecule has 0 saturated carbocycles. The van der Waals surface area contributed by atoms with Crippen molar-refractivity contribution in [1.29, 1.82) is 0 Å². The molecule has 1 aliphatic heterocycles. The van der Waals surface area contributed by atoms with Gasteiger partial charge < -0.3 is 5.32 Å². The quantitative estimate of drug-likeness (QED) is 0.905. The van der Waals surface area contributed by atoms with E-state index in [-0.39, 0.29) is 10.9 Å². The van der Waals surface area contributed by atoms with Crippen LogP contribution in [0.15, 0.2) is 27.6 Å². The summed E-state index contributed by atoms with van der Waals surface area (Å²) in [7, 11) is -1.86. The lowest BCUT2D eigenvalue weighted by Gasteiger charge is -2.23. The van der Waals surface area contributed by atoms with Crippen molar-refractivity contribution in [1.82, 2.24) is 9.62 Å². The van der Waals surface area contributed by atoms with Crippen molar-refractivity contribution < 1.29 is 8.42 Å². The molecule has 1 N–H and O–H groups in total. The number of nitrogens with one attached hydrogen (secondary N) is 1. The molecule has 100 valence electrons. The van der Waals surface area contributed by atoms with Crippen LogP contribution in [0.25, 0.3) is 0 Å². The van der Waals surface area contributed by atoms with Gasteiger partial charge in [0.25, 0.3) is 0 Å². The molecule has 1 unspecified atom stereocenters. The number of hydrogen-bond donors (Lipinski definition) is 1. The number of likely N-dealkylation sites (N-methyl/N-ethyl adjacent to an activating group) is 1. The first-order valence-corrected chi connectivity index (χ1v) is 8.18. The average molecular weight is 354 g/mol. The van der Waals surface area contributed by atoms with Gasteiger partial charge in [0, 0.05) is 29.1 Å². The van der Waals surface area contributed by atoms with E-state index >= 15 is 0 Å². The van der Waals surface area contributed by atoms with Crippen molar-refractivity contribution in [2.45, 2.75) is 17.4 Å². The summed E-state index contributed by atoms with van der Waals surface area (Å²) in [6.07, 6.45) is 0.834. The van der Waals surface area contributed by atoms with Gasteiger partial charge in [-0.15, -0.1) is 0 Å². The van der Waals surface area contributed by atoms with Gasteiger partial charge in [-0.05, 0) is 47.1 Å². The Labute approximate surface area is 120 Å². The summed E-state index contributed by atoms with van der Waals surface area (Å²) in [6, 6.07) is 4.72. The van der Waals surface area contributed by atoms with E-state index < -0.39 is 10.0 Å². The van der Waals surface area contributed by atoms with Crippen molar-refractivity contribution in [2.24, 2.45) is 0 Å². The average Bonchev–Trinajstić information content (AvgIpc) is 2.80. The van der Waals surface area contributed by atoms with Crippen LogP contribution in [-0.4, -0.2) is 38.9 Å².